The number of allylic oxidation sites excluding steroid dienone is 1. The lowest BCUT2D eigenvalue weighted by Gasteiger charge is -2.33. The van der Waals surface area contributed by atoms with Gasteiger partial charge in [-0.2, -0.15) is 5.26 Å². The van der Waals surface area contributed by atoms with E-state index in [1.54, 1.807) is 16.2 Å². The zero-order chi connectivity index (χ0) is 26.1. The zero-order valence-corrected chi connectivity index (χ0v) is 22.7. The first-order valence-electron chi connectivity index (χ1n) is 12.1. The number of nitrogens with one attached hydrogen (secondary N) is 1. The van der Waals surface area contributed by atoms with Crippen LogP contribution in [0.25, 0.3) is 11.1 Å². The molecule has 1 N–H and O–H groups in total. The number of anilines is 1. The molecule has 5 heteroatoms. The monoisotopic (exact) mass is 488 g/mol. The molecule has 0 bridgehead atoms. The molecule has 1 atom stereocenters. The Bertz CT molecular complexity index is 1030. The lowest BCUT2D eigenvalue weighted by molar-refractivity contribution is 0.618. The van der Waals surface area contributed by atoms with Gasteiger partial charge >= 0.3 is 0 Å². The van der Waals surface area contributed by atoms with Gasteiger partial charge in [0.1, 0.15) is 0 Å². The molecular weight excluding hydrogens is 448 g/mol. The Kier molecular flexibility index (Phi) is 14.5. The van der Waals surface area contributed by atoms with Gasteiger partial charge in [-0.3, -0.25) is 5.41 Å². The van der Waals surface area contributed by atoms with Crippen molar-refractivity contribution in [2.75, 3.05) is 32.1 Å². The van der Waals surface area contributed by atoms with Crippen molar-refractivity contribution in [3.63, 3.8) is 0 Å². The average molecular weight is 489 g/mol. The predicted molar refractivity (Wildman–Crippen MR) is 155 cm³/mol. The summed E-state index contributed by atoms with van der Waals surface area (Å²) in [7, 11) is 3.62. The molecule has 1 saturated heterocycles. The summed E-state index contributed by atoms with van der Waals surface area (Å²) in [5, 5.41) is 17.5. The summed E-state index contributed by atoms with van der Waals surface area (Å²) < 4.78 is 0. The van der Waals surface area contributed by atoms with Crippen molar-refractivity contribution >= 4 is 23.4 Å². The quantitative estimate of drug-likeness (QED) is 0.217. The highest BCUT2D eigenvalue weighted by molar-refractivity contribution is 7.10. The van der Waals surface area contributed by atoms with Gasteiger partial charge in [0.15, 0.2) is 0 Å². The third-order valence-electron chi connectivity index (χ3n) is 5.19. The highest BCUT2D eigenvalue weighted by atomic mass is 32.1. The lowest BCUT2D eigenvalue weighted by Crippen LogP contribution is -2.36. The largest absolute Gasteiger partial charge is 0.371 e. The molecule has 35 heavy (non-hydrogen) atoms. The fourth-order valence-electron chi connectivity index (χ4n) is 3.11. The second kappa shape index (κ2) is 17.1. The Morgan fingerprint density at radius 1 is 1.09 bits per heavy atom. The van der Waals surface area contributed by atoms with Crippen LogP contribution in [0.15, 0.2) is 78.7 Å². The van der Waals surface area contributed by atoms with Gasteiger partial charge in [-0.15, -0.1) is 17.9 Å². The third kappa shape index (κ3) is 10.6. The van der Waals surface area contributed by atoms with Crippen molar-refractivity contribution < 1.29 is 0 Å². The summed E-state index contributed by atoms with van der Waals surface area (Å²) in [5.74, 6) is 0.514. The molecule has 1 aliphatic rings. The second-order valence-corrected chi connectivity index (χ2v) is 9.07. The van der Waals surface area contributed by atoms with E-state index in [0.717, 1.165) is 12.0 Å². The molecule has 2 aromatic carbocycles. The van der Waals surface area contributed by atoms with Gasteiger partial charge in [-0.1, -0.05) is 57.2 Å². The van der Waals surface area contributed by atoms with Crippen LogP contribution in [0.2, 0.25) is 0 Å². The van der Waals surface area contributed by atoms with E-state index >= 15 is 0 Å². The van der Waals surface area contributed by atoms with Crippen LogP contribution >= 0.6 is 11.3 Å². The summed E-state index contributed by atoms with van der Waals surface area (Å²) in [5.41, 5.74) is 4.39. The van der Waals surface area contributed by atoms with Crippen LogP contribution in [0, 0.1) is 16.7 Å². The van der Waals surface area contributed by atoms with Gasteiger partial charge in [0.05, 0.1) is 18.0 Å². The summed E-state index contributed by atoms with van der Waals surface area (Å²) in [6, 6.07) is 22.7. The molecule has 1 unspecified atom stereocenters. The van der Waals surface area contributed by atoms with Crippen molar-refractivity contribution in [2.45, 2.75) is 39.5 Å². The molecule has 0 aliphatic carbocycles. The fourth-order valence-corrected chi connectivity index (χ4v) is 4.10. The Labute approximate surface area is 216 Å². The van der Waals surface area contributed by atoms with Crippen molar-refractivity contribution in [1.29, 1.82) is 10.7 Å². The van der Waals surface area contributed by atoms with Crippen LogP contribution in [0.5, 0.6) is 0 Å². The average Bonchev–Trinajstić information content (AvgIpc) is 3.37. The van der Waals surface area contributed by atoms with Crippen molar-refractivity contribution in [2.24, 2.45) is 0 Å². The second-order valence-electron chi connectivity index (χ2n) is 8.12. The molecule has 0 amide bonds. The molecule has 4 rings (SSSR count). The van der Waals surface area contributed by atoms with E-state index in [1.807, 2.05) is 58.3 Å². The van der Waals surface area contributed by atoms with Crippen molar-refractivity contribution in [3.05, 3.63) is 89.1 Å². The van der Waals surface area contributed by atoms with Gasteiger partial charge in [0.2, 0.25) is 0 Å². The maximum Gasteiger partial charge on any atom is 0.0991 e. The Morgan fingerprint density at radius 3 is 2.26 bits per heavy atom. The molecule has 1 fully saturated rings. The molecule has 0 saturated carbocycles. The fraction of sp³-hybridized carbons (Fsp3) is 0.333. The number of nitriles is 1. The molecule has 1 aliphatic heterocycles. The van der Waals surface area contributed by atoms with Gasteiger partial charge in [-0.25, -0.2) is 0 Å². The van der Waals surface area contributed by atoms with E-state index in [1.165, 1.54) is 42.0 Å². The maximum absolute atomic E-state index is 8.91. The summed E-state index contributed by atoms with van der Waals surface area (Å²) in [4.78, 5) is 5.42. The van der Waals surface area contributed by atoms with Crippen LogP contribution in [0.1, 0.15) is 50.0 Å². The van der Waals surface area contributed by atoms with Crippen LogP contribution in [-0.4, -0.2) is 38.4 Å². The molecule has 3 aromatic rings. The van der Waals surface area contributed by atoms with Crippen LogP contribution in [0.4, 0.5) is 5.69 Å². The maximum atomic E-state index is 8.91. The third-order valence-corrected chi connectivity index (χ3v) is 6.35. The molecule has 2 heterocycles. The van der Waals surface area contributed by atoms with Crippen LogP contribution in [-0.2, 0) is 0 Å². The lowest BCUT2D eigenvalue weighted by atomic mass is 10.0. The van der Waals surface area contributed by atoms with E-state index < -0.39 is 0 Å². The first-order chi connectivity index (χ1) is 17.0. The molecule has 1 aromatic heterocycles. The smallest absolute Gasteiger partial charge is 0.0991 e. The Morgan fingerprint density at radius 2 is 1.74 bits per heavy atom. The standard InChI is InChI=1S/C16H15NS.C9H11N.C3H8N2.C2H6/c1-3-5-12(2)16-9-15(11-18-16)14-7-4-6-13(8-14)10-17;1-2-5-9(6-3-1)10-7-4-8-10;1-5(2)3-4;1-2/h3-4,6-9,11-12H,1,5H2,2H3;1-3,5-6H,4,7-8H2;3-4H,1-2H3;1-2H3. The van der Waals surface area contributed by atoms with Crippen LogP contribution in [0.3, 0.4) is 0 Å². The highest BCUT2D eigenvalue weighted by Gasteiger charge is 2.12. The number of rotatable bonds is 6. The SMILES string of the molecule is C=CCC(C)c1cc(-c2cccc(C#N)c2)cs1.CC.CN(C)C=N.c1ccc(N2CCC2)cc1. The zero-order valence-electron chi connectivity index (χ0n) is 21.9. The minimum Gasteiger partial charge on any atom is -0.371 e. The first kappa shape index (κ1) is 29.7. The van der Waals surface area contributed by atoms with E-state index in [9.17, 15) is 0 Å². The number of hydrogen-bond acceptors (Lipinski definition) is 4. The van der Waals surface area contributed by atoms with Crippen molar-refractivity contribution in [3.8, 4) is 17.2 Å². The summed E-state index contributed by atoms with van der Waals surface area (Å²) in [6.45, 7) is 12.5. The molecular formula is C30H40N4S. The molecule has 186 valence electrons. The summed E-state index contributed by atoms with van der Waals surface area (Å²) in [6.07, 6.45) is 5.56. The van der Waals surface area contributed by atoms with E-state index in [2.05, 4.69) is 66.3 Å². The molecule has 0 spiro atoms. The van der Waals surface area contributed by atoms with Gasteiger partial charge in [0, 0.05) is 37.7 Å². The summed E-state index contributed by atoms with van der Waals surface area (Å²) >= 11 is 1.78. The van der Waals surface area contributed by atoms with Crippen molar-refractivity contribution in [1.82, 2.24) is 4.90 Å². The minimum atomic E-state index is 0.514. The Hall–Kier alpha value is -3.36. The minimum absolute atomic E-state index is 0.514. The van der Waals surface area contributed by atoms with E-state index in [0.29, 0.717) is 11.5 Å². The molecule has 0 radical (unpaired) electrons. The van der Waals surface area contributed by atoms with E-state index in [4.69, 9.17) is 10.7 Å². The highest BCUT2D eigenvalue weighted by Crippen LogP contribution is 2.32. The topological polar surface area (TPSA) is 54.1 Å². The number of nitrogens with zero attached hydrogens (tertiary/aromatic N) is 3. The van der Waals surface area contributed by atoms with Gasteiger partial charge in [-0.05, 0) is 65.6 Å². The predicted octanol–water partition coefficient (Wildman–Crippen LogP) is 8.04. The number of para-hydroxylation sites is 1. The number of benzene rings is 2. The first-order valence-corrected chi connectivity index (χ1v) is 13.0. The number of hydrogen-bond donors (Lipinski definition) is 1. The molecule has 4 nitrogen and oxygen atoms in total. The normalized spacial score (nSPS) is 11.9. The van der Waals surface area contributed by atoms with E-state index in [-0.39, 0.29) is 0 Å². The van der Waals surface area contributed by atoms with Gasteiger partial charge in [0.25, 0.3) is 0 Å². The van der Waals surface area contributed by atoms with Gasteiger partial charge < -0.3 is 9.80 Å². The number of thiophene rings is 1. The Balaban J connectivity index is 0.000000301. The van der Waals surface area contributed by atoms with Crippen LogP contribution < -0.4 is 4.90 Å².